The number of hydrogen-bond acceptors (Lipinski definition) is 1. The van der Waals surface area contributed by atoms with Crippen LogP contribution in [0.5, 0.6) is 0 Å². The molecular formula is C12H16ClF2N. The Labute approximate surface area is 100 Å². The summed E-state index contributed by atoms with van der Waals surface area (Å²) < 4.78 is 25.6. The van der Waals surface area contributed by atoms with Gasteiger partial charge in [0.15, 0.2) is 11.6 Å². The van der Waals surface area contributed by atoms with Gasteiger partial charge in [0.25, 0.3) is 0 Å². The lowest BCUT2D eigenvalue weighted by Gasteiger charge is -2.17. The van der Waals surface area contributed by atoms with Gasteiger partial charge in [-0.2, -0.15) is 0 Å². The summed E-state index contributed by atoms with van der Waals surface area (Å²) in [4.78, 5) is 2.03. The summed E-state index contributed by atoms with van der Waals surface area (Å²) in [5.41, 5.74) is 0.767. The molecule has 1 nitrogen and oxygen atoms in total. The minimum atomic E-state index is -0.805. The van der Waals surface area contributed by atoms with E-state index in [4.69, 9.17) is 11.6 Å². The van der Waals surface area contributed by atoms with E-state index in [9.17, 15) is 8.78 Å². The Morgan fingerprint density at radius 1 is 1.31 bits per heavy atom. The molecule has 0 radical (unpaired) electrons. The lowest BCUT2D eigenvalue weighted by Crippen LogP contribution is -2.21. The van der Waals surface area contributed by atoms with E-state index in [0.29, 0.717) is 6.54 Å². The first-order valence-electron chi connectivity index (χ1n) is 5.25. The van der Waals surface area contributed by atoms with Crippen LogP contribution in [-0.2, 0) is 6.54 Å². The molecule has 0 fully saturated rings. The zero-order chi connectivity index (χ0) is 12.1. The molecule has 4 heteroatoms. The van der Waals surface area contributed by atoms with E-state index in [1.54, 1.807) is 6.07 Å². The number of halogens is 3. The Balaban J connectivity index is 2.49. The maximum Gasteiger partial charge on any atom is 0.159 e. The summed E-state index contributed by atoms with van der Waals surface area (Å²) in [6.07, 6.45) is 0.877. The molecule has 0 saturated heterocycles. The van der Waals surface area contributed by atoms with Crippen molar-refractivity contribution < 1.29 is 8.78 Å². The molecule has 1 aromatic rings. The van der Waals surface area contributed by atoms with Gasteiger partial charge in [0.05, 0.1) is 0 Å². The van der Waals surface area contributed by atoms with Crippen LogP contribution in [0.2, 0.25) is 0 Å². The van der Waals surface area contributed by atoms with Gasteiger partial charge in [-0.25, -0.2) is 8.78 Å². The van der Waals surface area contributed by atoms with Gasteiger partial charge in [0.1, 0.15) is 0 Å². The standard InChI is InChI=1S/C12H16ClF2N/c1-9(13)5-6-16(2)8-10-3-4-11(14)12(15)7-10/h3-4,7,9H,5-6,8H2,1-2H3. The first-order chi connectivity index (χ1) is 7.49. The second-order valence-electron chi connectivity index (χ2n) is 4.06. The van der Waals surface area contributed by atoms with Gasteiger partial charge in [0, 0.05) is 11.9 Å². The van der Waals surface area contributed by atoms with Gasteiger partial charge in [0.2, 0.25) is 0 Å². The van der Waals surface area contributed by atoms with Crippen LogP contribution in [0.25, 0.3) is 0 Å². The summed E-state index contributed by atoms with van der Waals surface area (Å²) in [5, 5.41) is 0.132. The molecular weight excluding hydrogens is 232 g/mol. The molecule has 90 valence electrons. The monoisotopic (exact) mass is 247 g/mol. The average molecular weight is 248 g/mol. The lowest BCUT2D eigenvalue weighted by molar-refractivity contribution is 0.321. The van der Waals surface area contributed by atoms with Gasteiger partial charge in [-0.1, -0.05) is 6.07 Å². The third kappa shape index (κ3) is 4.45. The minimum absolute atomic E-state index is 0.132. The number of alkyl halides is 1. The van der Waals surface area contributed by atoms with Crippen molar-refractivity contribution in [1.29, 1.82) is 0 Å². The van der Waals surface area contributed by atoms with Crippen LogP contribution in [0.1, 0.15) is 18.9 Å². The maximum absolute atomic E-state index is 12.9. The second kappa shape index (κ2) is 6.16. The Bertz CT molecular complexity index is 342. The topological polar surface area (TPSA) is 3.24 Å². The SMILES string of the molecule is CC(Cl)CCN(C)Cc1ccc(F)c(F)c1. The maximum atomic E-state index is 12.9. The Morgan fingerprint density at radius 3 is 2.56 bits per heavy atom. The Hall–Kier alpha value is -0.670. The molecule has 0 saturated carbocycles. The van der Waals surface area contributed by atoms with Crippen molar-refractivity contribution in [2.75, 3.05) is 13.6 Å². The fourth-order valence-electron chi connectivity index (χ4n) is 1.43. The average Bonchev–Trinajstić information content (AvgIpc) is 2.21. The van der Waals surface area contributed by atoms with Gasteiger partial charge in [-0.15, -0.1) is 11.6 Å². The Kier molecular flexibility index (Phi) is 5.16. The van der Waals surface area contributed by atoms with Crippen LogP contribution < -0.4 is 0 Å². The Morgan fingerprint density at radius 2 is 2.00 bits per heavy atom. The van der Waals surface area contributed by atoms with Gasteiger partial charge >= 0.3 is 0 Å². The highest BCUT2D eigenvalue weighted by atomic mass is 35.5. The minimum Gasteiger partial charge on any atom is -0.302 e. The third-order valence-electron chi connectivity index (χ3n) is 2.35. The van der Waals surface area contributed by atoms with Crippen molar-refractivity contribution in [1.82, 2.24) is 4.90 Å². The van der Waals surface area contributed by atoms with E-state index < -0.39 is 11.6 Å². The van der Waals surface area contributed by atoms with Crippen molar-refractivity contribution in [3.05, 3.63) is 35.4 Å². The third-order valence-corrected chi connectivity index (χ3v) is 2.56. The summed E-state index contributed by atoms with van der Waals surface area (Å²) in [6, 6.07) is 3.98. The predicted molar refractivity (Wildman–Crippen MR) is 62.6 cm³/mol. The normalized spacial score (nSPS) is 13.1. The lowest BCUT2D eigenvalue weighted by atomic mass is 10.2. The van der Waals surface area contributed by atoms with Crippen LogP contribution in [0, 0.1) is 11.6 Å². The highest BCUT2D eigenvalue weighted by Gasteiger charge is 2.06. The molecule has 0 aliphatic rings. The highest BCUT2D eigenvalue weighted by Crippen LogP contribution is 2.11. The number of benzene rings is 1. The van der Waals surface area contributed by atoms with E-state index in [-0.39, 0.29) is 5.38 Å². The van der Waals surface area contributed by atoms with E-state index in [2.05, 4.69) is 0 Å². The zero-order valence-corrected chi connectivity index (χ0v) is 10.3. The molecule has 0 aliphatic heterocycles. The van der Waals surface area contributed by atoms with Crippen molar-refractivity contribution in [3.63, 3.8) is 0 Å². The van der Waals surface area contributed by atoms with Gasteiger partial charge in [-0.05, 0) is 44.6 Å². The van der Waals surface area contributed by atoms with E-state index in [1.807, 2.05) is 18.9 Å². The van der Waals surface area contributed by atoms with E-state index in [0.717, 1.165) is 24.6 Å². The summed E-state index contributed by atoms with van der Waals surface area (Å²) in [6.45, 7) is 3.37. The van der Waals surface area contributed by atoms with E-state index in [1.165, 1.54) is 6.07 Å². The molecule has 0 amide bonds. The molecule has 1 aromatic carbocycles. The fraction of sp³-hybridized carbons (Fsp3) is 0.500. The first kappa shape index (κ1) is 13.4. The smallest absolute Gasteiger partial charge is 0.159 e. The van der Waals surface area contributed by atoms with Crippen LogP contribution in [0.4, 0.5) is 8.78 Å². The molecule has 0 aliphatic carbocycles. The summed E-state index contributed by atoms with van der Waals surface area (Å²) in [7, 11) is 1.93. The summed E-state index contributed by atoms with van der Waals surface area (Å²) in [5.74, 6) is -1.60. The molecule has 0 aromatic heterocycles. The van der Waals surface area contributed by atoms with Gasteiger partial charge < -0.3 is 4.90 Å². The number of hydrogen-bond donors (Lipinski definition) is 0. The van der Waals surface area contributed by atoms with E-state index >= 15 is 0 Å². The molecule has 0 bridgehead atoms. The molecule has 1 unspecified atom stereocenters. The fourth-order valence-corrected chi connectivity index (χ4v) is 1.52. The number of nitrogens with zero attached hydrogens (tertiary/aromatic N) is 1. The van der Waals surface area contributed by atoms with Crippen molar-refractivity contribution in [2.45, 2.75) is 25.3 Å². The molecule has 1 rings (SSSR count). The van der Waals surface area contributed by atoms with Crippen LogP contribution in [0.3, 0.4) is 0 Å². The second-order valence-corrected chi connectivity index (χ2v) is 4.80. The quantitative estimate of drug-likeness (QED) is 0.721. The largest absolute Gasteiger partial charge is 0.302 e. The molecule has 1 atom stereocenters. The first-order valence-corrected chi connectivity index (χ1v) is 5.69. The highest BCUT2D eigenvalue weighted by molar-refractivity contribution is 6.20. The van der Waals surface area contributed by atoms with Crippen LogP contribution >= 0.6 is 11.6 Å². The van der Waals surface area contributed by atoms with Crippen LogP contribution in [-0.4, -0.2) is 23.9 Å². The molecule has 0 spiro atoms. The zero-order valence-electron chi connectivity index (χ0n) is 9.51. The molecule has 0 N–H and O–H groups in total. The van der Waals surface area contributed by atoms with Gasteiger partial charge in [-0.3, -0.25) is 0 Å². The van der Waals surface area contributed by atoms with Crippen LogP contribution in [0.15, 0.2) is 18.2 Å². The predicted octanol–water partition coefficient (Wildman–Crippen LogP) is 3.41. The summed E-state index contributed by atoms with van der Waals surface area (Å²) >= 11 is 5.83. The number of rotatable bonds is 5. The van der Waals surface area contributed by atoms with Crippen molar-refractivity contribution in [2.24, 2.45) is 0 Å². The van der Waals surface area contributed by atoms with Crippen molar-refractivity contribution >= 4 is 11.6 Å². The molecule has 0 heterocycles. The molecule has 16 heavy (non-hydrogen) atoms. The van der Waals surface area contributed by atoms with Crippen molar-refractivity contribution in [3.8, 4) is 0 Å².